The summed E-state index contributed by atoms with van der Waals surface area (Å²) < 4.78 is 49.0. The summed E-state index contributed by atoms with van der Waals surface area (Å²) in [4.78, 5) is 13.4. The van der Waals surface area contributed by atoms with E-state index in [2.05, 4.69) is 21.0 Å². The topological polar surface area (TPSA) is 55.8 Å². The molecule has 4 aromatic rings. The van der Waals surface area contributed by atoms with Crippen LogP contribution in [0.1, 0.15) is 51.0 Å². The van der Waals surface area contributed by atoms with Gasteiger partial charge in [-0.1, -0.05) is 4.99 Å². The van der Waals surface area contributed by atoms with Crippen LogP contribution in [0.25, 0.3) is 28.9 Å². The van der Waals surface area contributed by atoms with E-state index < -0.39 is 11.7 Å². The van der Waals surface area contributed by atoms with E-state index in [4.69, 9.17) is 0 Å². The highest BCUT2D eigenvalue weighted by molar-refractivity contribution is 5.80. The van der Waals surface area contributed by atoms with Gasteiger partial charge in [-0.2, -0.15) is 26.9 Å². The first-order chi connectivity index (χ1) is 16.1. The number of halogens is 3. The monoisotopic (exact) mass is 466 g/mol. The predicted octanol–water partition coefficient (Wildman–Crippen LogP) is 4.50. The van der Waals surface area contributed by atoms with Crippen molar-refractivity contribution in [1.29, 1.82) is 0 Å². The summed E-state index contributed by atoms with van der Waals surface area (Å²) >= 11 is 0. The van der Waals surface area contributed by atoms with Crippen LogP contribution in [0.5, 0.6) is 0 Å². The van der Waals surface area contributed by atoms with Gasteiger partial charge >= 0.3 is 12.0 Å². The van der Waals surface area contributed by atoms with Gasteiger partial charge in [-0.05, 0) is 39.8 Å². The Kier molecular flexibility index (Phi) is 5.06. The fourth-order valence-corrected chi connectivity index (χ4v) is 4.05. The van der Waals surface area contributed by atoms with Crippen molar-refractivity contribution in [2.45, 2.75) is 46.0 Å². The Morgan fingerprint density at radius 3 is 2.32 bits per heavy atom. The zero-order valence-electron chi connectivity index (χ0n) is 19.1. The highest BCUT2D eigenvalue weighted by Crippen LogP contribution is 2.31. The van der Waals surface area contributed by atoms with Crippen molar-refractivity contribution in [3.63, 3.8) is 0 Å². The van der Waals surface area contributed by atoms with Gasteiger partial charge in [0.2, 0.25) is 23.9 Å². The first-order valence-electron chi connectivity index (χ1n) is 10.9. The minimum atomic E-state index is -4.56. The maximum Gasteiger partial charge on any atom is 0.416 e. The highest BCUT2D eigenvalue weighted by Gasteiger charge is 2.37. The van der Waals surface area contributed by atoms with Crippen LogP contribution in [0.4, 0.5) is 19.0 Å². The second kappa shape index (κ2) is 7.85. The van der Waals surface area contributed by atoms with E-state index in [0.717, 1.165) is 23.3 Å². The van der Waals surface area contributed by atoms with Gasteiger partial charge < -0.3 is 0 Å². The largest absolute Gasteiger partial charge is 0.416 e. The van der Waals surface area contributed by atoms with Crippen LogP contribution in [-0.2, 0) is 6.18 Å². The molecule has 0 saturated carbocycles. The van der Waals surface area contributed by atoms with Crippen LogP contribution < -0.4 is 9.13 Å². The van der Waals surface area contributed by atoms with E-state index in [0.29, 0.717) is 11.5 Å². The lowest BCUT2D eigenvalue weighted by atomic mass is 10.2. The summed E-state index contributed by atoms with van der Waals surface area (Å²) in [6.07, 6.45) is 6.72. The van der Waals surface area contributed by atoms with Gasteiger partial charge in [-0.3, -0.25) is 4.57 Å². The Labute approximate surface area is 194 Å². The lowest BCUT2D eigenvalue weighted by Gasteiger charge is -2.08. The number of aliphatic imine (C=N–C) groups is 1. The molecule has 0 saturated heterocycles. The molecule has 0 unspecified atom stereocenters. The van der Waals surface area contributed by atoms with Gasteiger partial charge in [0.1, 0.15) is 6.08 Å². The maximum absolute atomic E-state index is 14.0. The van der Waals surface area contributed by atoms with Crippen molar-refractivity contribution in [2.24, 2.45) is 4.99 Å². The average Bonchev–Trinajstić information content (AvgIpc) is 3.38. The third-order valence-electron chi connectivity index (χ3n) is 5.70. The molecular weight excluding hydrogens is 443 g/mol. The average molecular weight is 466 g/mol. The molecule has 0 bridgehead atoms. The van der Waals surface area contributed by atoms with Gasteiger partial charge in [0.15, 0.2) is 18.2 Å². The van der Waals surface area contributed by atoms with Crippen molar-refractivity contribution in [2.75, 3.05) is 0 Å². The first-order valence-corrected chi connectivity index (χ1v) is 10.9. The molecule has 0 atom stereocenters. The number of fused-ring (bicyclic) bond motifs is 2. The van der Waals surface area contributed by atoms with Gasteiger partial charge in [0.05, 0.1) is 23.8 Å². The lowest BCUT2D eigenvalue weighted by Crippen LogP contribution is -2.36. The fourth-order valence-electron chi connectivity index (χ4n) is 4.05. The molecule has 172 valence electrons. The van der Waals surface area contributed by atoms with Crippen molar-refractivity contribution in [1.82, 2.24) is 19.1 Å². The van der Waals surface area contributed by atoms with Crippen LogP contribution in [0.2, 0.25) is 0 Å². The molecule has 0 aliphatic carbocycles. The van der Waals surface area contributed by atoms with Gasteiger partial charge in [0, 0.05) is 12.1 Å². The zero-order valence-corrected chi connectivity index (χ0v) is 19.1. The molecule has 1 aliphatic heterocycles. The van der Waals surface area contributed by atoms with Gasteiger partial charge in [-0.15, -0.1) is 9.97 Å². The second-order valence-electron chi connectivity index (χ2n) is 8.67. The molecule has 0 amide bonds. The van der Waals surface area contributed by atoms with Crippen molar-refractivity contribution < 1.29 is 22.3 Å². The molecule has 10 heteroatoms. The van der Waals surface area contributed by atoms with E-state index in [-0.39, 0.29) is 23.7 Å². The smallest absolute Gasteiger partial charge is 0.275 e. The Hall–Kier alpha value is -3.91. The van der Waals surface area contributed by atoms with Crippen molar-refractivity contribution in [3.8, 4) is 11.6 Å². The zero-order chi connectivity index (χ0) is 24.2. The minimum Gasteiger partial charge on any atom is -0.275 e. The molecule has 7 nitrogen and oxygen atoms in total. The summed E-state index contributed by atoms with van der Waals surface area (Å²) in [7, 11) is 0. The number of aromatic nitrogens is 6. The Morgan fingerprint density at radius 2 is 1.65 bits per heavy atom. The first kappa shape index (κ1) is 21.9. The van der Waals surface area contributed by atoms with Crippen LogP contribution in [0.15, 0.2) is 48.1 Å². The highest BCUT2D eigenvalue weighted by atomic mass is 19.4. The van der Waals surface area contributed by atoms with Gasteiger partial charge in [-0.25, -0.2) is 0 Å². The molecule has 0 spiro atoms. The van der Waals surface area contributed by atoms with Crippen LogP contribution >= 0.6 is 0 Å². The normalized spacial score (nSPS) is 13.2. The molecule has 5 heterocycles. The standard InChI is InChI=1S/C24H23F3N7/c1-15(2)31-13-33(22-18(31)7-5-9-28-22)20-11-17(24(25,26)27)12-21(30-20)34-14-32(16(3)4)19-8-6-10-29-23(19)34/h5,7-16H,1-4H3/q+3. The number of allylic oxidation sites excluding steroid dienone is 1. The number of hydrogen-bond acceptors (Lipinski definition) is 3. The minimum absolute atomic E-state index is 0.0641. The van der Waals surface area contributed by atoms with Crippen LogP contribution in [0, 0.1) is 6.08 Å². The predicted molar refractivity (Wildman–Crippen MR) is 120 cm³/mol. The summed E-state index contributed by atoms with van der Waals surface area (Å²) in [5.41, 5.74) is 1.28. The molecule has 4 aromatic heterocycles. The number of rotatable bonds is 4. The number of imidazole rings is 2. The van der Waals surface area contributed by atoms with E-state index >= 15 is 0 Å². The van der Waals surface area contributed by atoms with Crippen LogP contribution in [-0.4, -0.2) is 25.3 Å². The SMILES string of the molecule is CC(C)n1c[n+](-c2cc(C(F)(F)F)cc(-[n+]3cn(C(C)C)c4cccnc43)n2)c2c1C=[C+]C=N2. The quantitative estimate of drug-likeness (QED) is 0.329. The Balaban J connectivity index is 1.79. The molecule has 0 radical (unpaired) electrons. The molecule has 0 aromatic carbocycles. The molecule has 0 N–H and O–H groups in total. The third kappa shape index (κ3) is 3.56. The third-order valence-corrected chi connectivity index (χ3v) is 5.70. The summed E-state index contributed by atoms with van der Waals surface area (Å²) in [6.45, 7) is 7.98. The number of hydrogen-bond donors (Lipinski definition) is 0. The molecule has 34 heavy (non-hydrogen) atoms. The number of pyridine rings is 2. The number of nitrogens with zero attached hydrogens (tertiary/aromatic N) is 7. The molecule has 0 fully saturated rings. The summed E-state index contributed by atoms with van der Waals surface area (Å²) in [6, 6.07) is 5.92. The maximum atomic E-state index is 14.0. The van der Waals surface area contributed by atoms with Gasteiger partial charge in [0.25, 0.3) is 11.3 Å². The van der Waals surface area contributed by atoms with Crippen molar-refractivity contribution in [3.05, 3.63) is 60.5 Å². The van der Waals surface area contributed by atoms with E-state index in [1.165, 1.54) is 6.21 Å². The fraction of sp³-hybridized carbons (Fsp3) is 0.292. The van der Waals surface area contributed by atoms with E-state index in [1.54, 1.807) is 40.1 Å². The van der Waals surface area contributed by atoms with Crippen LogP contribution in [0.3, 0.4) is 0 Å². The Bertz CT molecular complexity index is 1460. The molecule has 1 aliphatic rings. The molecular formula is C24H23F3N7+3. The van der Waals surface area contributed by atoms with E-state index in [9.17, 15) is 13.2 Å². The van der Waals surface area contributed by atoms with Crippen molar-refractivity contribution >= 4 is 29.3 Å². The second-order valence-corrected chi connectivity index (χ2v) is 8.67. The summed E-state index contributed by atoms with van der Waals surface area (Å²) in [5, 5.41) is 0. The lowest BCUT2D eigenvalue weighted by molar-refractivity contribution is -0.594. The number of alkyl halides is 3. The summed E-state index contributed by atoms with van der Waals surface area (Å²) in [5.74, 6) is 0.730. The Morgan fingerprint density at radius 1 is 0.971 bits per heavy atom. The van der Waals surface area contributed by atoms with E-state index in [1.807, 2.05) is 42.9 Å². The molecule has 5 rings (SSSR count).